The fourth-order valence-corrected chi connectivity index (χ4v) is 4.01. The molecule has 0 spiro atoms. The van der Waals surface area contributed by atoms with Crippen LogP contribution in [0.3, 0.4) is 0 Å². The molecule has 1 aromatic carbocycles. The molecule has 2 aromatic rings. The molecule has 4 rings (SSSR count). The molecular weight excluding hydrogens is 378 g/mol. The highest BCUT2D eigenvalue weighted by Crippen LogP contribution is 2.36. The fraction of sp³-hybridized carbons (Fsp3) is 0.333. The number of hydrogen-bond donors (Lipinski definition) is 1. The lowest BCUT2D eigenvalue weighted by molar-refractivity contribution is 0.455. The highest BCUT2D eigenvalue weighted by atomic mass is 32.1. The maximum atomic E-state index is 14.4. The molecule has 0 saturated heterocycles. The van der Waals surface area contributed by atoms with Crippen LogP contribution in [0.5, 0.6) is 0 Å². The number of nitrogens with zero attached hydrogens (tertiary/aromatic N) is 3. The Balaban J connectivity index is 1.69. The van der Waals surface area contributed by atoms with Crippen molar-refractivity contribution in [2.24, 2.45) is 10.9 Å². The van der Waals surface area contributed by atoms with Crippen molar-refractivity contribution in [1.29, 1.82) is 0 Å². The second-order valence-corrected chi connectivity index (χ2v) is 8.30. The molecule has 1 unspecified atom stereocenters. The third-order valence-corrected chi connectivity index (χ3v) is 5.91. The Kier molecular flexibility index (Phi) is 5.02. The minimum atomic E-state index is -0.590. The predicted molar refractivity (Wildman–Crippen MR) is 111 cm³/mol. The predicted octanol–water partition coefficient (Wildman–Crippen LogP) is 5.03. The van der Waals surface area contributed by atoms with Gasteiger partial charge in [-0.15, -0.1) is 11.3 Å². The van der Waals surface area contributed by atoms with Crippen LogP contribution in [0.15, 0.2) is 40.5 Å². The lowest BCUT2D eigenvalue weighted by atomic mass is 9.97. The molecule has 2 aliphatic rings. The monoisotopic (exact) mass is 400 g/mol. The molecule has 0 fully saturated rings. The van der Waals surface area contributed by atoms with Crippen molar-refractivity contribution >= 4 is 33.8 Å². The topological polar surface area (TPSA) is 40.5 Å². The molecule has 0 bridgehead atoms. The summed E-state index contributed by atoms with van der Waals surface area (Å²) in [6.07, 6.45) is 3.74. The zero-order valence-electron chi connectivity index (χ0n) is 16.0. The van der Waals surface area contributed by atoms with Crippen LogP contribution in [0.4, 0.5) is 13.9 Å². The van der Waals surface area contributed by atoms with Crippen LogP contribution < -0.4 is 5.32 Å². The molecule has 0 aliphatic carbocycles. The summed E-state index contributed by atoms with van der Waals surface area (Å²) in [5.74, 6) is 0.0411. The van der Waals surface area contributed by atoms with Crippen molar-refractivity contribution in [3.8, 4) is 0 Å². The molecule has 3 heterocycles. The van der Waals surface area contributed by atoms with Gasteiger partial charge in [0, 0.05) is 41.4 Å². The molecule has 1 atom stereocenters. The summed E-state index contributed by atoms with van der Waals surface area (Å²) >= 11 is 1.56. The van der Waals surface area contributed by atoms with E-state index < -0.39 is 11.6 Å². The van der Waals surface area contributed by atoms with Gasteiger partial charge in [-0.2, -0.15) is 0 Å². The SMILES string of the molecule is CC(C)C(C)Nc1nc(C2=CC(c3ccc(F)cc3F)=C3N=CCN3C2)cs1. The number of benzene rings is 1. The second-order valence-electron chi connectivity index (χ2n) is 7.44. The van der Waals surface area contributed by atoms with Gasteiger partial charge in [-0.05, 0) is 36.6 Å². The number of rotatable bonds is 5. The molecule has 28 heavy (non-hydrogen) atoms. The number of aliphatic imine (C=N–C) groups is 1. The van der Waals surface area contributed by atoms with E-state index in [1.54, 1.807) is 11.3 Å². The van der Waals surface area contributed by atoms with Gasteiger partial charge in [0.25, 0.3) is 0 Å². The third kappa shape index (κ3) is 3.58. The quantitative estimate of drug-likeness (QED) is 0.765. The van der Waals surface area contributed by atoms with Crippen LogP contribution in [0, 0.1) is 17.6 Å². The fourth-order valence-electron chi connectivity index (χ4n) is 3.17. The number of halogens is 2. The van der Waals surface area contributed by atoms with E-state index in [-0.39, 0.29) is 0 Å². The van der Waals surface area contributed by atoms with Crippen molar-refractivity contribution in [2.45, 2.75) is 26.8 Å². The van der Waals surface area contributed by atoms with Crippen LogP contribution in [-0.2, 0) is 0 Å². The third-order valence-electron chi connectivity index (χ3n) is 5.14. The summed E-state index contributed by atoms with van der Waals surface area (Å²) in [5.41, 5.74) is 2.87. The molecular formula is C21H22F2N4S. The Morgan fingerprint density at radius 1 is 1.21 bits per heavy atom. The highest BCUT2D eigenvalue weighted by molar-refractivity contribution is 7.13. The average Bonchev–Trinajstić information content (AvgIpc) is 3.30. The van der Waals surface area contributed by atoms with Gasteiger partial charge in [-0.1, -0.05) is 13.8 Å². The lowest BCUT2D eigenvalue weighted by Crippen LogP contribution is -2.25. The summed E-state index contributed by atoms with van der Waals surface area (Å²) < 4.78 is 27.8. The summed E-state index contributed by atoms with van der Waals surface area (Å²) in [7, 11) is 0. The minimum Gasteiger partial charge on any atom is -0.359 e. The van der Waals surface area contributed by atoms with Crippen LogP contribution in [0.25, 0.3) is 11.1 Å². The van der Waals surface area contributed by atoms with Gasteiger partial charge < -0.3 is 10.2 Å². The van der Waals surface area contributed by atoms with Crippen LogP contribution in [-0.4, -0.2) is 35.2 Å². The second kappa shape index (κ2) is 7.47. The van der Waals surface area contributed by atoms with Gasteiger partial charge in [-0.3, -0.25) is 0 Å². The molecule has 0 saturated carbocycles. The summed E-state index contributed by atoms with van der Waals surface area (Å²) in [5, 5.41) is 6.32. The number of nitrogens with one attached hydrogen (secondary N) is 1. The van der Waals surface area contributed by atoms with E-state index in [4.69, 9.17) is 4.98 Å². The first-order valence-corrected chi connectivity index (χ1v) is 10.2. The van der Waals surface area contributed by atoms with Gasteiger partial charge in [0.05, 0.1) is 12.2 Å². The molecule has 7 heteroatoms. The zero-order valence-corrected chi connectivity index (χ0v) is 16.9. The largest absolute Gasteiger partial charge is 0.359 e. The van der Waals surface area contributed by atoms with Crippen molar-refractivity contribution in [1.82, 2.24) is 9.88 Å². The van der Waals surface area contributed by atoms with Crippen molar-refractivity contribution < 1.29 is 8.78 Å². The number of fused-ring (bicyclic) bond motifs is 1. The number of hydrogen-bond acceptors (Lipinski definition) is 5. The number of thiazole rings is 1. The zero-order chi connectivity index (χ0) is 19.8. The molecule has 1 N–H and O–H groups in total. The van der Waals surface area contributed by atoms with Crippen LogP contribution in [0.1, 0.15) is 32.0 Å². The van der Waals surface area contributed by atoms with Gasteiger partial charge in [-0.25, -0.2) is 18.8 Å². The van der Waals surface area contributed by atoms with E-state index >= 15 is 0 Å². The van der Waals surface area contributed by atoms with E-state index in [1.807, 2.05) is 17.7 Å². The van der Waals surface area contributed by atoms with Gasteiger partial charge in [0.15, 0.2) is 5.13 Å². The highest BCUT2D eigenvalue weighted by Gasteiger charge is 2.27. The van der Waals surface area contributed by atoms with Gasteiger partial charge in [0.1, 0.15) is 17.5 Å². The molecule has 4 nitrogen and oxygen atoms in total. The first-order valence-electron chi connectivity index (χ1n) is 9.32. The summed E-state index contributed by atoms with van der Waals surface area (Å²) in [6, 6.07) is 3.97. The van der Waals surface area contributed by atoms with E-state index in [9.17, 15) is 8.78 Å². The molecule has 146 valence electrons. The number of aromatic nitrogens is 1. The van der Waals surface area contributed by atoms with Crippen molar-refractivity contribution in [3.63, 3.8) is 0 Å². The Hall–Kier alpha value is -2.54. The Morgan fingerprint density at radius 2 is 2.04 bits per heavy atom. The maximum Gasteiger partial charge on any atom is 0.183 e. The molecule has 0 amide bonds. The Bertz CT molecular complexity index is 990. The van der Waals surface area contributed by atoms with E-state index in [1.165, 1.54) is 12.1 Å². The minimum absolute atomic E-state index is 0.321. The molecule has 1 aromatic heterocycles. The first-order chi connectivity index (χ1) is 13.4. The van der Waals surface area contributed by atoms with E-state index in [0.717, 1.165) is 28.3 Å². The standard InChI is InChI=1S/C21H22F2N4S/c1-12(2)13(3)25-21-26-19(11-28-21)14-8-17(20-24-6-7-27(20)10-14)16-5-4-15(22)9-18(16)23/h4-6,8-9,11-13H,7,10H2,1-3H3,(H,25,26). The Labute approximate surface area is 167 Å². The maximum absolute atomic E-state index is 14.4. The summed E-state index contributed by atoms with van der Waals surface area (Å²) in [4.78, 5) is 11.2. The first kappa shape index (κ1) is 18.8. The van der Waals surface area contributed by atoms with E-state index in [0.29, 0.717) is 36.2 Å². The summed E-state index contributed by atoms with van der Waals surface area (Å²) in [6.45, 7) is 7.79. The van der Waals surface area contributed by atoms with Gasteiger partial charge >= 0.3 is 0 Å². The Morgan fingerprint density at radius 3 is 2.79 bits per heavy atom. The smallest absolute Gasteiger partial charge is 0.183 e. The average molecular weight is 400 g/mol. The lowest BCUT2D eigenvalue weighted by Gasteiger charge is -2.26. The van der Waals surface area contributed by atoms with E-state index in [2.05, 4.69) is 36.0 Å². The molecule has 0 radical (unpaired) electrons. The number of anilines is 1. The molecule has 2 aliphatic heterocycles. The van der Waals surface area contributed by atoms with Crippen LogP contribution >= 0.6 is 11.3 Å². The normalized spacial score (nSPS) is 17.2. The van der Waals surface area contributed by atoms with Gasteiger partial charge in [0.2, 0.25) is 0 Å². The van der Waals surface area contributed by atoms with Crippen LogP contribution in [0.2, 0.25) is 0 Å². The number of allylic oxidation sites excluding steroid dienone is 2. The van der Waals surface area contributed by atoms with Crippen molar-refractivity contribution in [3.05, 3.63) is 58.4 Å². The van der Waals surface area contributed by atoms with Crippen molar-refractivity contribution in [2.75, 3.05) is 18.4 Å².